The number of nitrogens with one attached hydrogen (secondary N) is 2. The van der Waals surface area contributed by atoms with E-state index in [2.05, 4.69) is 17.6 Å². The second-order valence-electron chi connectivity index (χ2n) is 6.06. The Bertz CT molecular complexity index is 755. The topological polar surface area (TPSA) is 50.4 Å². The summed E-state index contributed by atoms with van der Waals surface area (Å²) in [5.41, 5.74) is 3.73. The summed E-state index contributed by atoms with van der Waals surface area (Å²) in [5, 5.41) is 6.16. The van der Waals surface area contributed by atoms with E-state index in [1.165, 1.54) is 0 Å². The van der Waals surface area contributed by atoms with Crippen LogP contribution in [0.1, 0.15) is 42.3 Å². The maximum absolute atomic E-state index is 12.3. The molecule has 0 aliphatic rings. The molecule has 0 saturated carbocycles. The molecule has 2 aromatic rings. The third kappa shape index (κ3) is 5.29. The number of anilines is 1. The number of ether oxygens (including phenoxy) is 1. The van der Waals surface area contributed by atoms with Crippen LogP contribution in [-0.4, -0.2) is 17.1 Å². The van der Waals surface area contributed by atoms with Gasteiger partial charge in [0, 0.05) is 11.3 Å². The highest BCUT2D eigenvalue weighted by Crippen LogP contribution is 2.21. The molecule has 0 aromatic heterocycles. The summed E-state index contributed by atoms with van der Waals surface area (Å²) in [6, 6.07) is 13.1. The lowest BCUT2D eigenvalue weighted by molar-refractivity contribution is 0.0977. The van der Waals surface area contributed by atoms with Gasteiger partial charge in [0.05, 0.1) is 6.10 Å². The van der Waals surface area contributed by atoms with Crippen LogP contribution in [0.2, 0.25) is 0 Å². The number of hydrogen-bond acceptors (Lipinski definition) is 3. The first-order chi connectivity index (χ1) is 11.9. The van der Waals surface area contributed by atoms with Crippen molar-refractivity contribution in [3.8, 4) is 5.75 Å². The number of thiocarbonyl (C=S) groups is 1. The molecule has 1 amide bonds. The van der Waals surface area contributed by atoms with Gasteiger partial charge in [-0.1, -0.05) is 25.1 Å². The van der Waals surface area contributed by atoms with Gasteiger partial charge in [0.25, 0.3) is 5.91 Å². The molecule has 0 fully saturated rings. The van der Waals surface area contributed by atoms with Crippen molar-refractivity contribution >= 4 is 28.9 Å². The molecule has 2 N–H and O–H groups in total. The van der Waals surface area contributed by atoms with Gasteiger partial charge in [-0.05, 0) is 74.8 Å². The van der Waals surface area contributed by atoms with Crippen molar-refractivity contribution in [1.29, 1.82) is 0 Å². The maximum atomic E-state index is 12.3. The van der Waals surface area contributed by atoms with E-state index in [0.29, 0.717) is 5.56 Å². The molecule has 2 aromatic carbocycles. The molecule has 0 unspecified atom stereocenters. The molecule has 132 valence electrons. The number of hydrogen-bond donors (Lipinski definition) is 2. The van der Waals surface area contributed by atoms with Crippen molar-refractivity contribution in [3.05, 3.63) is 59.2 Å². The number of aryl methyl sites for hydroxylation is 2. The second-order valence-corrected chi connectivity index (χ2v) is 6.47. The molecule has 2 rings (SSSR count). The Morgan fingerprint density at radius 3 is 2.44 bits per heavy atom. The lowest BCUT2D eigenvalue weighted by atomic mass is 10.1. The number of carbonyl (C=O) groups excluding carboxylic acids is 1. The first kappa shape index (κ1) is 18.9. The summed E-state index contributed by atoms with van der Waals surface area (Å²) in [6.07, 6.45) is 0.982. The van der Waals surface area contributed by atoms with Gasteiger partial charge in [0.1, 0.15) is 5.75 Å². The van der Waals surface area contributed by atoms with Crippen LogP contribution in [0.3, 0.4) is 0 Å². The summed E-state index contributed by atoms with van der Waals surface area (Å²) >= 11 is 5.29. The summed E-state index contributed by atoms with van der Waals surface area (Å²) < 4.78 is 5.58. The van der Waals surface area contributed by atoms with Crippen molar-refractivity contribution in [2.24, 2.45) is 0 Å². The summed E-state index contributed by atoms with van der Waals surface area (Å²) in [5.74, 6) is 0.486. The van der Waals surface area contributed by atoms with Gasteiger partial charge >= 0.3 is 0 Å². The highest BCUT2D eigenvalue weighted by atomic mass is 32.1. The summed E-state index contributed by atoms with van der Waals surface area (Å²) in [4.78, 5) is 12.3. The number of para-hydroxylation sites is 1. The van der Waals surface area contributed by atoms with E-state index >= 15 is 0 Å². The second kappa shape index (κ2) is 8.62. The molecule has 0 spiro atoms. The van der Waals surface area contributed by atoms with Crippen LogP contribution in [0.5, 0.6) is 5.75 Å². The molecule has 0 atom stereocenters. The van der Waals surface area contributed by atoms with Gasteiger partial charge in [-0.3, -0.25) is 10.1 Å². The zero-order valence-corrected chi connectivity index (χ0v) is 15.9. The number of benzene rings is 2. The van der Waals surface area contributed by atoms with Gasteiger partial charge in [0.15, 0.2) is 5.11 Å². The van der Waals surface area contributed by atoms with E-state index < -0.39 is 0 Å². The van der Waals surface area contributed by atoms with Crippen LogP contribution < -0.4 is 15.4 Å². The Kier molecular flexibility index (Phi) is 6.53. The van der Waals surface area contributed by atoms with Gasteiger partial charge in [-0.15, -0.1) is 0 Å². The van der Waals surface area contributed by atoms with Crippen LogP contribution in [0.25, 0.3) is 0 Å². The molecule has 25 heavy (non-hydrogen) atoms. The fraction of sp³-hybridized carbons (Fsp3) is 0.300. The molecule has 0 heterocycles. The third-order valence-corrected chi connectivity index (χ3v) is 3.90. The molecule has 0 radical (unpaired) electrons. The molecule has 0 bridgehead atoms. The Hall–Kier alpha value is -2.40. The van der Waals surface area contributed by atoms with E-state index in [1.54, 1.807) is 24.3 Å². The van der Waals surface area contributed by atoms with Crippen LogP contribution in [-0.2, 0) is 6.42 Å². The normalized spacial score (nSPS) is 10.4. The minimum Gasteiger partial charge on any atom is -0.491 e. The SMILES string of the molecule is CCc1cccc(C)c1NC(=S)NC(=O)c1ccc(OC(C)C)cc1. The predicted molar refractivity (Wildman–Crippen MR) is 106 cm³/mol. The lowest BCUT2D eigenvalue weighted by Gasteiger charge is -2.15. The molecule has 5 heteroatoms. The monoisotopic (exact) mass is 356 g/mol. The maximum Gasteiger partial charge on any atom is 0.257 e. The highest BCUT2D eigenvalue weighted by Gasteiger charge is 2.11. The molecule has 0 aliphatic carbocycles. The minimum atomic E-state index is -0.250. The van der Waals surface area contributed by atoms with Crippen LogP contribution in [0, 0.1) is 6.92 Å². The predicted octanol–water partition coefficient (Wildman–Crippen LogP) is 4.47. The van der Waals surface area contributed by atoms with Gasteiger partial charge in [-0.25, -0.2) is 0 Å². The first-order valence-corrected chi connectivity index (χ1v) is 8.79. The number of rotatable bonds is 5. The van der Waals surface area contributed by atoms with E-state index in [4.69, 9.17) is 17.0 Å². The van der Waals surface area contributed by atoms with Gasteiger partial charge in [0.2, 0.25) is 0 Å². The standard InChI is InChI=1S/C20H24N2O2S/c1-5-15-8-6-7-14(4)18(15)21-20(25)22-19(23)16-9-11-17(12-10-16)24-13(2)3/h6-13H,5H2,1-4H3,(H2,21,22,23,25). The van der Waals surface area contributed by atoms with Gasteiger partial charge < -0.3 is 10.1 Å². The first-order valence-electron chi connectivity index (χ1n) is 8.38. The van der Waals surface area contributed by atoms with E-state index in [1.807, 2.05) is 39.0 Å². The minimum absolute atomic E-state index is 0.0957. The average molecular weight is 356 g/mol. The van der Waals surface area contributed by atoms with E-state index in [-0.39, 0.29) is 17.1 Å². The molecular weight excluding hydrogens is 332 g/mol. The van der Waals surface area contributed by atoms with Crippen molar-refractivity contribution in [3.63, 3.8) is 0 Å². The van der Waals surface area contributed by atoms with Crippen LogP contribution in [0.15, 0.2) is 42.5 Å². The quantitative estimate of drug-likeness (QED) is 0.776. The smallest absolute Gasteiger partial charge is 0.257 e. The van der Waals surface area contributed by atoms with E-state index in [0.717, 1.165) is 29.0 Å². The lowest BCUT2D eigenvalue weighted by Crippen LogP contribution is -2.34. The fourth-order valence-electron chi connectivity index (χ4n) is 2.48. The fourth-order valence-corrected chi connectivity index (χ4v) is 2.67. The Morgan fingerprint density at radius 2 is 1.84 bits per heavy atom. The van der Waals surface area contributed by atoms with Crippen LogP contribution in [0.4, 0.5) is 5.69 Å². The third-order valence-electron chi connectivity index (χ3n) is 3.69. The summed E-state index contributed by atoms with van der Waals surface area (Å²) in [6.45, 7) is 8.02. The van der Waals surface area contributed by atoms with Crippen molar-refractivity contribution < 1.29 is 9.53 Å². The molecule has 4 nitrogen and oxygen atoms in total. The Labute approximate surface area is 154 Å². The van der Waals surface area contributed by atoms with Crippen LogP contribution >= 0.6 is 12.2 Å². The number of amides is 1. The average Bonchev–Trinajstić information content (AvgIpc) is 2.56. The molecule has 0 aliphatic heterocycles. The van der Waals surface area contributed by atoms with Gasteiger partial charge in [-0.2, -0.15) is 0 Å². The van der Waals surface area contributed by atoms with Crippen molar-refractivity contribution in [1.82, 2.24) is 5.32 Å². The zero-order valence-electron chi connectivity index (χ0n) is 15.1. The largest absolute Gasteiger partial charge is 0.491 e. The van der Waals surface area contributed by atoms with E-state index in [9.17, 15) is 4.79 Å². The number of carbonyl (C=O) groups is 1. The Morgan fingerprint density at radius 1 is 1.16 bits per heavy atom. The Balaban J connectivity index is 2.02. The summed E-state index contributed by atoms with van der Waals surface area (Å²) in [7, 11) is 0. The molecular formula is C20H24N2O2S. The van der Waals surface area contributed by atoms with Crippen molar-refractivity contribution in [2.45, 2.75) is 40.2 Å². The highest BCUT2D eigenvalue weighted by molar-refractivity contribution is 7.80. The zero-order chi connectivity index (χ0) is 18.4. The van der Waals surface area contributed by atoms with Crippen molar-refractivity contribution in [2.75, 3.05) is 5.32 Å². The molecule has 0 saturated heterocycles.